The molecule has 2 heterocycles. The van der Waals surface area contributed by atoms with E-state index in [2.05, 4.69) is 46.1 Å². The molecule has 1 amide bonds. The summed E-state index contributed by atoms with van der Waals surface area (Å²) >= 11 is 0. The van der Waals surface area contributed by atoms with Crippen molar-refractivity contribution in [3.63, 3.8) is 0 Å². The van der Waals surface area contributed by atoms with Gasteiger partial charge in [0.1, 0.15) is 11.4 Å². The van der Waals surface area contributed by atoms with Gasteiger partial charge in [-0.2, -0.15) is 0 Å². The highest BCUT2D eigenvalue weighted by molar-refractivity contribution is 5.76. The Morgan fingerprint density at radius 1 is 1.24 bits per heavy atom. The number of rotatable bonds is 7. The van der Waals surface area contributed by atoms with Gasteiger partial charge in [-0.25, -0.2) is 9.78 Å². The highest BCUT2D eigenvalue weighted by atomic mass is 16.6. The van der Waals surface area contributed by atoms with Gasteiger partial charge in [0.15, 0.2) is 0 Å². The van der Waals surface area contributed by atoms with Gasteiger partial charge in [0.25, 0.3) is 0 Å². The van der Waals surface area contributed by atoms with E-state index >= 15 is 0 Å². The van der Waals surface area contributed by atoms with Crippen molar-refractivity contribution >= 4 is 17.1 Å². The Morgan fingerprint density at radius 3 is 2.88 bits per heavy atom. The number of hydrogen-bond donors (Lipinski definition) is 1. The molecular formula is C27H35N5O2. The van der Waals surface area contributed by atoms with Crippen LogP contribution < -0.4 is 5.32 Å². The molecule has 2 aromatic heterocycles. The van der Waals surface area contributed by atoms with Gasteiger partial charge in [0.2, 0.25) is 0 Å². The number of ether oxygens (including phenoxy) is 1. The van der Waals surface area contributed by atoms with Crippen LogP contribution in [-0.2, 0) is 24.2 Å². The van der Waals surface area contributed by atoms with Gasteiger partial charge in [-0.15, -0.1) is 0 Å². The SMILES string of the molecule is CN(Cc1nc2ccccc2n1C/C=C\CNC(=O)OC(C)(C)C)C1CCCc2cccnc21. The highest BCUT2D eigenvalue weighted by Gasteiger charge is 2.26. The molecule has 1 aliphatic rings. The summed E-state index contributed by atoms with van der Waals surface area (Å²) in [5.41, 5.74) is 4.16. The molecule has 7 nitrogen and oxygen atoms in total. The van der Waals surface area contributed by atoms with Crippen LogP contribution in [0.1, 0.15) is 56.7 Å². The number of para-hydroxylation sites is 2. The number of carbonyl (C=O) groups excluding carboxylic acids is 1. The predicted molar refractivity (Wildman–Crippen MR) is 134 cm³/mol. The average molecular weight is 462 g/mol. The van der Waals surface area contributed by atoms with Crippen molar-refractivity contribution in [3.05, 3.63) is 71.8 Å². The molecule has 0 saturated carbocycles. The van der Waals surface area contributed by atoms with E-state index in [0.29, 0.717) is 19.1 Å². The van der Waals surface area contributed by atoms with E-state index in [-0.39, 0.29) is 0 Å². The molecule has 1 N–H and O–H groups in total. The Balaban J connectivity index is 1.46. The number of aryl methyl sites for hydroxylation is 1. The summed E-state index contributed by atoms with van der Waals surface area (Å²) in [5, 5.41) is 2.77. The van der Waals surface area contributed by atoms with Crippen molar-refractivity contribution in [2.75, 3.05) is 13.6 Å². The molecule has 1 atom stereocenters. The number of alkyl carbamates (subject to hydrolysis) is 1. The van der Waals surface area contributed by atoms with Crippen LogP contribution in [0.25, 0.3) is 11.0 Å². The number of carbonyl (C=O) groups is 1. The Kier molecular flexibility index (Phi) is 7.32. The van der Waals surface area contributed by atoms with Gasteiger partial charge < -0.3 is 14.6 Å². The van der Waals surface area contributed by atoms with E-state index in [9.17, 15) is 4.79 Å². The number of nitrogens with zero attached hydrogens (tertiary/aromatic N) is 4. The first kappa shape index (κ1) is 24.0. The number of fused-ring (bicyclic) bond motifs is 2. The van der Waals surface area contributed by atoms with Crippen molar-refractivity contribution in [1.82, 2.24) is 24.8 Å². The lowest BCUT2D eigenvalue weighted by Gasteiger charge is -2.32. The lowest BCUT2D eigenvalue weighted by molar-refractivity contribution is 0.0534. The quantitative estimate of drug-likeness (QED) is 0.500. The van der Waals surface area contributed by atoms with E-state index in [1.54, 1.807) is 0 Å². The number of amides is 1. The van der Waals surface area contributed by atoms with Crippen LogP contribution in [-0.4, -0.2) is 44.7 Å². The summed E-state index contributed by atoms with van der Waals surface area (Å²) in [4.78, 5) is 23.9. The van der Waals surface area contributed by atoms with Gasteiger partial charge in [-0.1, -0.05) is 30.4 Å². The first-order valence-electron chi connectivity index (χ1n) is 12.0. The maximum atomic E-state index is 11.8. The molecule has 0 saturated heterocycles. The lowest BCUT2D eigenvalue weighted by atomic mass is 9.91. The molecule has 4 rings (SSSR count). The Bertz CT molecular complexity index is 1160. The molecule has 1 aromatic carbocycles. The molecular weight excluding hydrogens is 426 g/mol. The number of aromatic nitrogens is 3. The maximum Gasteiger partial charge on any atom is 0.407 e. The van der Waals surface area contributed by atoms with Crippen molar-refractivity contribution in [3.8, 4) is 0 Å². The number of allylic oxidation sites excluding steroid dienone is 1. The summed E-state index contributed by atoms with van der Waals surface area (Å²) in [6.45, 7) is 7.40. The summed E-state index contributed by atoms with van der Waals surface area (Å²) in [6, 6.07) is 12.8. The number of benzene rings is 1. The monoisotopic (exact) mass is 461 g/mol. The zero-order chi connectivity index (χ0) is 24.1. The van der Waals surface area contributed by atoms with Crippen LogP contribution in [0.4, 0.5) is 4.79 Å². The molecule has 0 bridgehead atoms. The topological polar surface area (TPSA) is 72.3 Å². The zero-order valence-electron chi connectivity index (χ0n) is 20.6. The smallest absolute Gasteiger partial charge is 0.407 e. The molecule has 0 spiro atoms. The standard InChI is InChI=1S/C27H35N5O2/c1-27(2,3)34-26(33)29-16-7-8-18-32-22-14-6-5-13-21(22)30-24(32)19-31(4)23-15-9-11-20-12-10-17-28-25(20)23/h5-8,10,12-14,17,23H,9,11,15-16,18-19H2,1-4H3,(H,29,33)/b8-7-. The van der Waals surface area contributed by atoms with Crippen molar-refractivity contribution in [1.29, 1.82) is 0 Å². The van der Waals surface area contributed by atoms with Crippen LogP contribution in [0, 0.1) is 0 Å². The van der Waals surface area contributed by atoms with E-state index < -0.39 is 11.7 Å². The van der Waals surface area contributed by atoms with Crippen molar-refractivity contribution < 1.29 is 9.53 Å². The fourth-order valence-corrected chi connectivity index (χ4v) is 4.52. The van der Waals surface area contributed by atoms with Crippen LogP contribution in [0.3, 0.4) is 0 Å². The number of hydrogen-bond acceptors (Lipinski definition) is 5. The van der Waals surface area contributed by atoms with E-state index in [0.717, 1.165) is 36.2 Å². The summed E-state index contributed by atoms with van der Waals surface area (Å²) in [7, 11) is 2.17. The van der Waals surface area contributed by atoms with E-state index in [1.165, 1.54) is 17.7 Å². The first-order valence-corrected chi connectivity index (χ1v) is 12.0. The molecule has 0 aliphatic heterocycles. The molecule has 1 unspecified atom stereocenters. The van der Waals surface area contributed by atoms with Gasteiger partial charge in [0.05, 0.1) is 29.3 Å². The maximum absolute atomic E-state index is 11.8. The van der Waals surface area contributed by atoms with Crippen LogP contribution in [0.2, 0.25) is 0 Å². The number of imidazole rings is 1. The fourth-order valence-electron chi connectivity index (χ4n) is 4.52. The molecule has 0 fully saturated rings. The third kappa shape index (κ3) is 5.83. The van der Waals surface area contributed by atoms with Gasteiger partial charge >= 0.3 is 6.09 Å². The fraction of sp³-hybridized carbons (Fsp3) is 0.444. The third-order valence-corrected chi connectivity index (χ3v) is 6.04. The normalized spacial score (nSPS) is 16.2. The first-order chi connectivity index (χ1) is 16.3. The van der Waals surface area contributed by atoms with Crippen LogP contribution in [0.15, 0.2) is 54.7 Å². The molecule has 0 radical (unpaired) electrons. The molecule has 180 valence electrons. The highest BCUT2D eigenvalue weighted by Crippen LogP contribution is 2.33. The lowest BCUT2D eigenvalue weighted by Crippen LogP contribution is -2.32. The Hall–Kier alpha value is -3.19. The third-order valence-electron chi connectivity index (χ3n) is 6.04. The number of nitrogens with one attached hydrogen (secondary N) is 1. The second-order valence-electron chi connectivity index (χ2n) is 9.85. The predicted octanol–water partition coefficient (Wildman–Crippen LogP) is 5.02. The van der Waals surface area contributed by atoms with E-state index in [4.69, 9.17) is 14.7 Å². The molecule has 34 heavy (non-hydrogen) atoms. The average Bonchev–Trinajstić information content (AvgIpc) is 3.14. The van der Waals surface area contributed by atoms with Crippen LogP contribution >= 0.6 is 0 Å². The summed E-state index contributed by atoms with van der Waals surface area (Å²) in [5.74, 6) is 1.02. The zero-order valence-corrected chi connectivity index (χ0v) is 20.6. The summed E-state index contributed by atoms with van der Waals surface area (Å²) in [6.07, 6.45) is 8.90. The second-order valence-corrected chi connectivity index (χ2v) is 9.85. The van der Waals surface area contributed by atoms with Crippen molar-refractivity contribution in [2.24, 2.45) is 0 Å². The van der Waals surface area contributed by atoms with Gasteiger partial charge in [-0.3, -0.25) is 9.88 Å². The van der Waals surface area contributed by atoms with Crippen molar-refractivity contribution in [2.45, 2.75) is 64.8 Å². The molecule has 7 heteroatoms. The minimum atomic E-state index is -0.501. The van der Waals surface area contributed by atoms with Gasteiger partial charge in [0, 0.05) is 19.3 Å². The van der Waals surface area contributed by atoms with Crippen LogP contribution in [0.5, 0.6) is 0 Å². The Morgan fingerprint density at radius 2 is 2.06 bits per heavy atom. The largest absolute Gasteiger partial charge is 0.444 e. The summed E-state index contributed by atoms with van der Waals surface area (Å²) < 4.78 is 7.53. The second kappa shape index (κ2) is 10.4. The Labute approximate surface area is 201 Å². The minimum Gasteiger partial charge on any atom is -0.444 e. The van der Waals surface area contributed by atoms with Gasteiger partial charge in [-0.05, 0) is 70.8 Å². The molecule has 1 aliphatic carbocycles. The van der Waals surface area contributed by atoms with E-state index in [1.807, 2.05) is 51.2 Å². The number of pyridine rings is 1. The minimum absolute atomic E-state index is 0.298. The molecule has 3 aromatic rings.